The molecule has 2 heterocycles. The lowest BCUT2D eigenvalue weighted by molar-refractivity contribution is 0.0963. The van der Waals surface area contributed by atoms with Crippen LogP contribution in [-0.4, -0.2) is 26.1 Å². The minimum Gasteiger partial charge on any atom is -0.494 e. The molecule has 2 aromatic rings. The third kappa shape index (κ3) is 2.92. The molecule has 0 aromatic heterocycles. The number of fused-ring (bicyclic) bond motifs is 3. The van der Waals surface area contributed by atoms with E-state index in [1.54, 1.807) is 7.05 Å². The highest BCUT2D eigenvalue weighted by Crippen LogP contribution is 2.47. The van der Waals surface area contributed by atoms with Crippen LogP contribution in [0.3, 0.4) is 0 Å². The predicted octanol–water partition coefficient (Wildman–Crippen LogP) is 3.26. The first kappa shape index (κ1) is 16.9. The first-order chi connectivity index (χ1) is 12.7. The van der Waals surface area contributed by atoms with Crippen LogP contribution in [0, 0.1) is 5.92 Å². The maximum atomic E-state index is 12.0. The van der Waals surface area contributed by atoms with E-state index in [-0.39, 0.29) is 18.0 Å². The van der Waals surface area contributed by atoms with Crippen molar-refractivity contribution in [2.45, 2.75) is 25.4 Å². The summed E-state index contributed by atoms with van der Waals surface area (Å²) in [6.07, 6.45) is 1.11. The standard InChI is InChI=1S/C21H25N3O2/c1-3-26-15-7-4-13(5-8-15)19-16-10-11-23-20(16)17-12-14(21(25)22-2)6-9-18(17)24-19/h4-9,12,16,19-20,23-24H,3,10-11H2,1-2H3,(H,22,25)/t16-,19?,20-/m0/s1. The molecule has 136 valence electrons. The van der Waals surface area contributed by atoms with E-state index in [1.165, 1.54) is 11.1 Å². The smallest absolute Gasteiger partial charge is 0.251 e. The second kappa shape index (κ2) is 7.00. The van der Waals surface area contributed by atoms with Gasteiger partial charge in [0.15, 0.2) is 0 Å². The Bertz CT molecular complexity index is 803. The minimum absolute atomic E-state index is 0.0454. The summed E-state index contributed by atoms with van der Waals surface area (Å²) in [5, 5.41) is 10.0. The van der Waals surface area contributed by atoms with E-state index in [2.05, 4.69) is 28.1 Å². The van der Waals surface area contributed by atoms with Gasteiger partial charge in [-0.1, -0.05) is 12.1 Å². The molecule has 0 spiro atoms. The molecule has 2 aliphatic heterocycles. The Morgan fingerprint density at radius 2 is 2.00 bits per heavy atom. The summed E-state index contributed by atoms with van der Waals surface area (Å²) in [4.78, 5) is 12.0. The predicted molar refractivity (Wildman–Crippen MR) is 103 cm³/mol. The minimum atomic E-state index is -0.0454. The number of rotatable bonds is 4. The van der Waals surface area contributed by atoms with Crippen LogP contribution in [0.15, 0.2) is 42.5 Å². The number of anilines is 1. The second-order valence-electron chi connectivity index (χ2n) is 6.89. The zero-order valence-electron chi connectivity index (χ0n) is 15.2. The molecule has 0 aliphatic carbocycles. The lowest BCUT2D eigenvalue weighted by atomic mass is 9.80. The van der Waals surface area contributed by atoms with Crippen LogP contribution in [0.5, 0.6) is 5.75 Å². The number of hydrogen-bond donors (Lipinski definition) is 3. The van der Waals surface area contributed by atoms with Crippen LogP contribution in [-0.2, 0) is 0 Å². The molecule has 0 saturated carbocycles. The van der Waals surface area contributed by atoms with Crippen molar-refractivity contribution in [1.29, 1.82) is 0 Å². The molecule has 5 nitrogen and oxygen atoms in total. The van der Waals surface area contributed by atoms with Crippen LogP contribution >= 0.6 is 0 Å². The van der Waals surface area contributed by atoms with Gasteiger partial charge in [0.1, 0.15) is 5.75 Å². The summed E-state index contributed by atoms with van der Waals surface area (Å²) < 4.78 is 5.57. The third-order valence-electron chi connectivity index (χ3n) is 5.44. The van der Waals surface area contributed by atoms with E-state index in [4.69, 9.17) is 4.74 Å². The topological polar surface area (TPSA) is 62.4 Å². The van der Waals surface area contributed by atoms with Crippen LogP contribution < -0.4 is 20.7 Å². The van der Waals surface area contributed by atoms with Crippen molar-refractivity contribution >= 4 is 11.6 Å². The maximum absolute atomic E-state index is 12.0. The Morgan fingerprint density at radius 1 is 1.19 bits per heavy atom. The van der Waals surface area contributed by atoms with Crippen molar-refractivity contribution in [2.24, 2.45) is 5.92 Å². The average molecular weight is 351 g/mol. The number of nitrogens with one attached hydrogen (secondary N) is 3. The van der Waals surface area contributed by atoms with Crippen molar-refractivity contribution in [2.75, 3.05) is 25.5 Å². The van der Waals surface area contributed by atoms with E-state index in [0.29, 0.717) is 18.1 Å². The summed E-state index contributed by atoms with van der Waals surface area (Å²) in [5.41, 5.74) is 4.27. The first-order valence-electron chi connectivity index (χ1n) is 9.30. The molecule has 1 saturated heterocycles. The Balaban J connectivity index is 1.67. The van der Waals surface area contributed by atoms with Gasteiger partial charge in [0.05, 0.1) is 12.6 Å². The zero-order valence-corrected chi connectivity index (χ0v) is 15.2. The van der Waals surface area contributed by atoms with Gasteiger partial charge in [-0.15, -0.1) is 0 Å². The molecule has 2 aromatic carbocycles. The van der Waals surface area contributed by atoms with Gasteiger partial charge in [-0.05, 0) is 61.3 Å². The molecular weight excluding hydrogens is 326 g/mol. The van der Waals surface area contributed by atoms with Crippen LogP contribution in [0.2, 0.25) is 0 Å². The molecule has 3 atom stereocenters. The van der Waals surface area contributed by atoms with E-state index >= 15 is 0 Å². The number of ether oxygens (including phenoxy) is 1. The van der Waals surface area contributed by atoms with E-state index in [9.17, 15) is 4.79 Å². The van der Waals surface area contributed by atoms with Crippen LogP contribution in [0.25, 0.3) is 0 Å². The molecule has 3 N–H and O–H groups in total. The van der Waals surface area contributed by atoms with Gasteiger partial charge in [0.2, 0.25) is 0 Å². The van der Waals surface area contributed by atoms with Gasteiger partial charge in [0, 0.05) is 30.3 Å². The second-order valence-corrected chi connectivity index (χ2v) is 6.89. The van der Waals surface area contributed by atoms with Gasteiger partial charge in [-0.3, -0.25) is 4.79 Å². The summed E-state index contributed by atoms with van der Waals surface area (Å²) in [6.45, 7) is 3.67. The molecule has 2 aliphatic rings. The molecule has 0 bridgehead atoms. The largest absolute Gasteiger partial charge is 0.494 e. The number of carbonyl (C=O) groups excluding carboxylic acids is 1. The van der Waals surface area contributed by atoms with E-state index < -0.39 is 0 Å². The Hall–Kier alpha value is -2.53. The quantitative estimate of drug-likeness (QED) is 0.791. The average Bonchev–Trinajstić information content (AvgIpc) is 3.17. The van der Waals surface area contributed by atoms with Crippen molar-refractivity contribution in [1.82, 2.24) is 10.6 Å². The summed E-state index contributed by atoms with van der Waals surface area (Å²) in [7, 11) is 1.67. The van der Waals surface area contributed by atoms with Crippen molar-refractivity contribution in [3.05, 3.63) is 59.2 Å². The van der Waals surface area contributed by atoms with Gasteiger partial charge >= 0.3 is 0 Å². The fourth-order valence-electron chi connectivity index (χ4n) is 4.20. The Morgan fingerprint density at radius 3 is 2.73 bits per heavy atom. The number of amides is 1. The van der Waals surface area contributed by atoms with Crippen LogP contribution in [0.1, 0.15) is 46.9 Å². The molecular formula is C21H25N3O2. The van der Waals surface area contributed by atoms with E-state index in [1.807, 2.05) is 37.3 Å². The van der Waals surface area contributed by atoms with Gasteiger partial charge in [0.25, 0.3) is 5.91 Å². The summed E-state index contributed by atoms with van der Waals surface area (Å²) >= 11 is 0. The third-order valence-corrected chi connectivity index (χ3v) is 5.44. The highest BCUT2D eigenvalue weighted by atomic mass is 16.5. The Labute approximate surface area is 154 Å². The van der Waals surface area contributed by atoms with E-state index in [0.717, 1.165) is 24.4 Å². The number of hydrogen-bond acceptors (Lipinski definition) is 4. The summed E-state index contributed by atoms with van der Waals surface area (Å²) in [6, 6.07) is 14.9. The van der Waals surface area contributed by atoms with Crippen molar-refractivity contribution in [3.63, 3.8) is 0 Å². The molecule has 5 heteroatoms. The fourth-order valence-corrected chi connectivity index (χ4v) is 4.20. The number of carbonyl (C=O) groups is 1. The molecule has 1 unspecified atom stereocenters. The maximum Gasteiger partial charge on any atom is 0.251 e. The van der Waals surface area contributed by atoms with Crippen molar-refractivity contribution in [3.8, 4) is 5.75 Å². The van der Waals surface area contributed by atoms with Gasteiger partial charge in [-0.2, -0.15) is 0 Å². The first-order valence-corrected chi connectivity index (χ1v) is 9.30. The monoisotopic (exact) mass is 351 g/mol. The zero-order chi connectivity index (χ0) is 18.1. The Kier molecular flexibility index (Phi) is 4.55. The molecule has 1 amide bonds. The molecule has 4 rings (SSSR count). The fraction of sp³-hybridized carbons (Fsp3) is 0.381. The van der Waals surface area contributed by atoms with Gasteiger partial charge < -0.3 is 20.7 Å². The lowest BCUT2D eigenvalue weighted by Crippen LogP contribution is -2.32. The normalized spacial score (nSPS) is 23.5. The summed E-state index contributed by atoms with van der Waals surface area (Å²) in [5.74, 6) is 1.32. The lowest BCUT2D eigenvalue weighted by Gasteiger charge is -2.37. The highest BCUT2D eigenvalue weighted by molar-refractivity contribution is 5.94. The van der Waals surface area contributed by atoms with Crippen LogP contribution in [0.4, 0.5) is 5.69 Å². The van der Waals surface area contributed by atoms with Crippen molar-refractivity contribution < 1.29 is 9.53 Å². The molecule has 0 radical (unpaired) electrons. The van der Waals surface area contributed by atoms with Gasteiger partial charge in [-0.25, -0.2) is 0 Å². The SMILES string of the molecule is CCOc1ccc(C2Nc3ccc(C(=O)NC)cc3[C@H]3NCC[C@@H]23)cc1. The molecule has 26 heavy (non-hydrogen) atoms. The number of benzene rings is 2. The highest BCUT2D eigenvalue weighted by Gasteiger charge is 2.40. The molecule has 1 fully saturated rings.